The number of hydrogen-bond donors (Lipinski definition) is 2. The Morgan fingerprint density at radius 2 is 1.42 bits per heavy atom. The van der Waals surface area contributed by atoms with Gasteiger partial charge in [-0.3, -0.25) is 9.69 Å². The van der Waals surface area contributed by atoms with Gasteiger partial charge < -0.3 is 10.8 Å². The first kappa shape index (κ1) is 18.2. The Morgan fingerprint density at radius 3 is 1.92 bits per heavy atom. The van der Waals surface area contributed by atoms with Crippen LogP contribution in [0.1, 0.15) is 78.1 Å². The molecular formula is C20H36N2O2. The van der Waals surface area contributed by atoms with Gasteiger partial charge in [0.25, 0.3) is 5.97 Å². The Hall–Kier alpha value is -0.610. The van der Waals surface area contributed by atoms with E-state index in [0.29, 0.717) is 6.04 Å². The van der Waals surface area contributed by atoms with Gasteiger partial charge in [0.1, 0.15) is 0 Å². The molecule has 0 amide bonds. The molecule has 24 heavy (non-hydrogen) atoms. The van der Waals surface area contributed by atoms with E-state index in [1.54, 1.807) is 6.42 Å². The summed E-state index contributed by atoms with van der Waals surface area (Å²) in [6.45, 7) is 3.56. The van der Waals surface area contributed by atoms with Crippen molar-refractivity contribution >= 4 is 5.97 Å². The van der Waals surface area contributed by atoms with E-state index in [2.05, 4.69) is 11.8 Å². The van der Waals surface area contributed by atoms with Crippen LogP contribution in [0.4, 0.5) is 0 Å². The van der Waals surface area contributed by atoms with Crippen LogP contribution in [0.3, 0.4) is 0 Å². The van der Waals surface area contributed by atoms with Crippen molar-refractivity contribution in [3.8, 4) is 0 Å². The number of carboxylic acids is 1. The largest absolute Gasteiger partial charge is 0.481 e. The van der Waals surface area contributed by atoms with Gasteiger partial charge in [-0.15, -0.1) is 0 Å². The third-order valence-corrected chi connectivity index (χ3v) is 6.84. The minimum Gasteiger partial charge on any atom is -0.481 e. The highest BCUT2D eigenvalue weighted by Crippen LogP contribution is 2.47. The summed E-state index contributed by atoms with van der Waals surface area (Å²) in [5.74, 6) is 2.24. The first-order valence-corrected chi connectivity index (χ1v) is 10.1. The summed E-state index contributed by atoms with van der Waals surface area (Å²) in [6.07, 6.45) is 14.4. The topological polar surface area (TPSA) is 66.6 Å². The maximum atomic E-state index is 9.00. The molecule has 138 valence electrons. The summed E-state index contributed by atoms with van der Waals surface area (Å²) in [5.41, 5.74) is 6.30. The van der Waals surface area contributed by atoms with Gasteiger partial charge in [0, 0.05) is 31.1 Å². The number of rotatable bonds is 1. The molecule has 4 nitrogen and oxygen atoms in total. The van der Waals surface area contributed by atoms with Gasteiger partial charge in [-0.05, 0) is 75.5 Å². The molecule has 0 unspecified atom stereocenters. The molecule has 4 fully saturated rings. The third kappa shape index (κ3) is 4.32. The van der Waals surface area contributed by atoms with Crippen LogP contribution in [0.5, 0.6) is 0 Å². The zero-order chi connectivity index (χ0) is 17.3. The van der Waals surface area contributed by atoms with Gasteiger partial charge in [0.2, 0.25) is 0 Å². The van der Waals surface area contributed by atoms with E-state index in [1.807, 2.05) is 0 Å². The second-order valence-electron chi connectivity index (χ2n) is 9.11. The first-order chi connectivity index (χ1) is 11.4. The van der Waals surface area contributed by atoms with Gasteiger partial charge in [0.15, 0.2) is 0 Å². The Balaban J connectivity index is 0.000000383. The van der Waals surface area contributed by atoms with Crippen LogP contribution in [-0.2, 0) is 4.79 Å². The average molecular weight is 337 g/mol. The van der Waals surface area contributed by atoms with E-state index in [9.17, 15) is 0 Å². The van der Waals surface area contributed by atoms with E-state index in [4.69, 9.17) is 15.6 Å². The van der Waals surface area contributed by atoms with E-state index >= 15 is 0 Å². The monoisotopic (exact) mass is 336 g/mol. The summed E-state index contributed by atoms with van der Waals surface area (Å²) in [4.78, 5) is 12.0. The molecule has 2 heterocycles. The lowest BCUT2D eigenvalue weighted by Crippen LogP contribution is -2.60. The van der Waals surface area contributed by atoms with Crippen molar-refractivity contribution < 1.29 is 9.90 Å². The standard InChI is InChI=1S/C18H32N2.C2H4O2/c1-12-5-13-7-14(6-12)9-18(8-13)20-16-3-2-4-17(20)11-15(19)10-16;1-2(3)4/h12-18H,2-11,19H2,1H3;1H3,(H,3,4)/t12-,13-,14+,15-,16+,17-,18+;. The van der Waals surface area contributed by atoms with E-state index in [0.717, 1.165) is 42.8 Å². The maximum Gasteiger partial charge on any atom is 0.300 e. The number of nitrogens with zero attached hydrogens (tertiary/aromatic N) is 1. The highest BCUT2D eigenvalue weighted by molar-refractivity contribution is 5.62. The van der Waals surface area contributed by atoms with Crippen molar-refractivity contribution in [2.24, 2.45) is 23.5 Å². The number of carbonyl (C=O) groups is 1. The van der Waals surface area contributed by atoms with Crippen molar-refractivity contribution in [3.05, 3.63) is 0 Å². The molecule has 4 heteroatoms. The lowest BCUT2D eigenvalue weighted by atomic mass is 9.65. The van der Waals surface area contributed by atoms with Crippen molar-refractivity contribution in [3.63, 3.8) is 0 Å². The number of aliphatic carboxylic acids is 1. The lowest BCUT2D eigenvalue weighted by Gasteiger charge is -2.55. The van der Waals surface area contributed by atoms with Gasteiger partial charge in [-0.2, -0.15) is 0 Å². The van der Waals surface area contributed by atoms with Crippen LogP contribution in [0.25, 0.3) is 0 Å². The molecule has 4 aliphatic rings. The zero-order valence-corrected chi connectivity index (χ0v) is 15.5. The first-order valence-electron chi connectivity index (χ1n) is 10.1. The molecule has 4 bridgehead atoms. The fraction of sp³-hybridized carbons (Fsp3) is 0.950. The summed E-state index contributed by atoms with van der Waals surface area (Å²) in [5, 5.41) is 7.42. The van der Waals surface area contributed by atoms with Gasteiger partial charge in [-0.25, -0.2) is 0 Å². The summed E-state index contributed by atoms with van der Waals surface area (Å²) >= 11 is 0. The maximum absolute atomic E-state index is 9.00. The number of fused-ring (bicyclic) bond motifs is 4. The van der Waals surface area contributed by atoms with Crippen molar-refractivity contribution in [2.45, 2.75) is 102 Å². The molecule has 0 aromatic carbocycles. The van der Waals surface area contributed by atoms with Crippen LogP contribution < -0.4 is 5.73 Å². The van der Waals surface area contributed by atoms with Crippen LogP contribution in [0.2, 0.25) is 0 Å². The SMILES string of the molecule is CC(=O)O.C[C@@H]1C[C@@H]2C[C@H](C1)C[C@@H](N1[C@@H]3CCC[C@H]1C[C@@H](N)C3)C2. The fourth-order valence-electron chi connectivity index (χ4n) is 6.45. The predicted octanol–water partition coefficient (Wildman–Crippen LogP) is 3.64. The molecule has 2 aliphatic carbocycles. The summed E-state index contributed by atoms with van der Waals surface area (Å²) in [7, 11) is 0. The van der Waals surface area contributed by atoms with Crippen LogP contribution in [0, 0.1) is 17.8 Å². The Labute approximate surface area is 147 Å². The molecule has 0 spiro atoms. The molecule has 0 aromatic heterocycles. The second-order valence-corrected chi connectivity index (χ2v) is 9.11. The average Bonchev–Trinajstić information content (AvgIpc) is 2.44. The second kappa shape index (κ2) is 7.74. The molecule has 3 N–H and O–H groups in total. The third-order valence-electron chi connectivity index (χ3n) is 6.84. The highest BCUT2D eigenvalue weighted by Gasteiger charge is 2.44. The molecule has 0 aromatic rings. The summed E-state index contributed by atoms with van der Waals surface area (Å²) < 4.78 is 0. The molecule has 2 saturated carbocycles. The zero-order valence-electron chi connectivity index (χ0n) is 15.5. The lowest BCUT2D eigenvalue weighted by molar-refractivity contribution is -0.134. The number of carboxylic acid groups (broad SMARTS) is 1. The molecule has 7 atom stereocenters. The van der Waals surface area contributed by atoms with Gasteiger partial charge in [-0.1, -0.05) is 13.3 Å². The molecular weight excluding hydrogens is 300 g/mol. The minimum absolute atomic E-state index is 0.490. The van der Waals surface area contributed by atoms with Gasteiger partial charge >= 0.3 is 0 Å². The molecule has 2 aliphatic heterocycles. The van der Waals surface area contributed by atoms with Crippen molar-refractivity contribution in [1.82, 2.24) is 4.90 Å². The Kier molecular flexibility index (Phi) is 5.86. The predicted molar refractivity (Wildman–Crippen MR) is 96.8 cm³/mol. The Bertz CT molecular complexity index is 405. The van der Waals surface area contributed by atoms with Crippen LogP contribution in [-0.4, -0.2) is 40.1 Å². The highest BCUT2D eigenvalue weighted by atomic mass is 16.4. The fourth-order valence-corrected chi connectivity index (χ4v) is 6.45. The smallest absolute Gasteiger partial charge is 0.300 e. The normalized spacial score (nSPS) is 45.0. The van der Waals surface area contributed by atoms with Gasteiger partial charge in [0.05, 0.1) is 0 Å². The van der Waals surface area contributed by atoms with Crippen LogP contribution >= 0.6 is 0 Å². The van der Waals surface area contributed by atoms with Crippen LogP contribution in [0.15, 0.2) is 0 Å². The number of nitrogens with two attached hydrogens (primary N) is 1. The number of piperidine rings is 2. The minimum atomic E-state index is -0.833. The quantitative estimate of drug-likeness (QED) is 0.767. The van der Waals surface area contributed by atoms with Crippen molar-refractivity contribution in [2.75, 3.05) is 0 Å². The molecule has 0 radical (unpaired) electrons. The number of hydrogen-bond acceptors (Lipinski definition) is 3. The van der Waals surface area contributed by atoms with E-state index in [-0.39, 0.29) is 0 Å². The molecule has 2 saturated heterocycles. The Morgan fingerprint density at radius 1 is 0.917 bits per heavy atom. The van der Waals surface area contributed by atoms with Crippen molar-refractivity contribution in [1.29, 1.82) is 0 Å². The molecule has 4 rings (SSSR count). The van der Waals surface area contributed by atoms with E-state index < -0.39 is 5.97 Å². The summed E-state index contributed by atoms with van der Waals surface area (Å²) in [6, 6.07) is 3.07. The van der Waals surface area contributed by atoms with E-state index in [1.165, 1.54) is 57.8 Å².